The number of alkyl halides is 6. The van der Waals surface area contributed by atoms with E-state index in [4.69, 9.17) is 10.2 Å². The fourth-order valence-electron chi connectivity index (χ4n) is 0.635. The van der Waals surface area contributed by atoms with E-state index < -0.39 is 37.1 Å². The first-order valence-corrected chi connectivity index (χ1v) is 3.62. The van der Waals surface area contributed by atoms with E-state index in [1.165, 1.54) is 0 Å². The van der Waals surface area contributed by atoms with Crippen molar-refractivity contribution in [2.75, 3.05) is 13.2 Å². The van der Waals surface area contributed by atoms with E-state index in [-0.39, 0.29) is 0 Å². The summed E-state index contributed by atoms with van der Waals surface area (Å²) in [7, 11) is 0. The van der Waals surface area contributed by atoms with Crippen molar-refractivity contribution in [3.05, 3.63) is 0 Å². The monoisotopic (exact) mass is 256 g/mol. The Morgan fingerprint density at radius 1 is 1.06 bits per heavy atom. The van der Waals surface area contributed by atoms with Crippen molar-refractivity contribution >= 4 is 5.97 Å². The lowest BCUT2D eigenvalue weighted by Crippen LogP contribution is -2.63. The van der Waals surface area contributed by atoms with E-state index in [0.717, 1.165) is 0 Å². The number of aliphatic hydroxyl groups is 2. The second-order valence-corrected chi connectivity index (χ2v) is 2.57. The molecule has 0 bridgehead atoms. The van der Waals surface area contributed by atoms with Crippen molar-refractivity contribution in [3.8, 4) is 0 Å². The minimum absolute atomic E-state index is 0.975. The fraction of sp³-hybridized carbons (Fsp3) is 0.833. The summed E-state index contributed by atoms with van der Waals surface area (Å²) in [6.07, 6.45) is -12.5. The Morgan fingerprint density at radius 2 is 1.44 bits per heavy atom. The highest BCUT2D eigenvalue weighted by Crippen LogP contribution is 2.43. The molecule has 10 heteroatoms. The van der Waals surface area contributed by atoms with Gasteiger partial charge in [0.15, 0.2) is 0 Å². The van der Waals surface area contributed by atoms with Crippen molar-refractivity contribution < 1.29 is 46.1 Å². The lowest BCUT2D eigenvalue weighted by molar-refractivity contribution is -0.357. The molecule has 0 aliphatic carbocycles. The topological polar surface area (TPSA) is 66.8 Å². The highest BCUT2D eigenvalue weighted by molar-refractivity contribution is 5.81. The maximum absolute atomic E-state index is 11.9. The standard InChI is InChI=1S/C6H6F6O4/c7-5(8,9)4(15,6(10,11)12)3(14)16-2-1-13/h13,15H,1-2H2. The van der Waals surface area contributed by atoms with Crippen molar-refractivity contribution in [1.29, 1.82) is 0 Å². The zero-order valence-corrected chi connectivity index (χ0v) is 7.39. The van der Waals surface area contributed by atoms with Gasteiger partial charge in [-0.1, -0.05) is 0 Å². The third-order valence-corrected chi connectivity index (χ3v) is 1.44. The molecule has 0 rings (SSSR count). The van der Waals surface area contributed by atoms with Gasteiger partial charge in [0.2, 0.25) is 0 Å². The summed E-state index contributed by atoms with van der Waals surface area (Å²) < 4.78 is 75.1. The Morgan fingerprint density at radius 3 is 1.69 bits per heavy atom. The first kappa shape index (κ1) is 15.0. The molecule has 0 saturated heterocycles. The summed E-state index contributed by atoms with van der Waals surface area (Å²) in [5.41, 5.74) is -5.59. The molecule has 0 saturated carbocycles. The number of carbonyl (C=O) groups is 1. The van der Waals surface area contributed by atoms with Crippen molar-refractivity contribution in [3.63, 3.8) is 0 Å². The predicted octanol–water partition coefficient (Wildman–Crippen LogP) is 0.378. The van der Waals surface area contributed by atoms with Crippen LogP contribution >= 0.6 is 0 Å². The molecule has 0 aromatic rings. The molecule has 4 nitrogen and oxygen atoms in total. The molecule has 0 aliphatic rings. The van der Waals surface area contributed by atoms with E-state index in [0.29, 0.717) is 0 Å². The summed E-state index contributed by atoms with van der Waals surface area (Å²) in [6.45, 7) is -2.06. The third-order valence-electron chi connectivity index (χ3n) is 1.44. The molecule has 16 heavy (non-hydrogen) atoms. The number of carbonyl (C=O) groups excluding carboxylic acids is 1. The zero-order chi connectivity index (χ0) is 13.2. The number of aliphatic hydroxyl groups excluding tert-OH is 1. The average Bonchev–Trinajstić information content (AvgIpc) is 2.08. The van der Waals surface area contributed by atoms with Gasteiger partial charge in [-0.15, -0.1) is 0 Å². The van der Waals surface area contributed by atoms with Gasteiger partial charge in [-0.05, 0) is 0 Å². The Hall–Kier alpha value is -1.03. The third kappa shape index (κ3) is 2.55. The van der Waals surface area contributed by atoms with Gasteiger partial charge in [0.1, 0.15) is 6.61 Å². The molecule has 0 heterocycles. The second-order valence-electron chi connectivity index (χ2n) is 2.57. The maximum atomic E-state index is 11.9. The lowest BCUT2D eigenvalue weighted by atomic mass is 10.0. The van der Waals surface area contributed by atoms with Gasteiger partial charge >= 0.3 is 23.9 Å². The molecular weight excluding hydrogens is 250 g/mol. The van der Waals surface area contributed by atoms with Crippen LogP contribution in [0.5, 0.6) is 0 Å². The van der Waals surface area contributed by atoms with Crippen LogP contribution in [0.25, 0.3) is 0 Å². The van der Waals surface area contributed by atoms with Crippen LogP contribution in [0.4, 0.5) is 26.3 Å². The van der Waals surface area contributed by atoms with Crippen LogP contribution in [0.15, 0.2) is 0 Å². The molecule has 0 aromatic carbocycles. The van der Waals surface area contributed by atoms with Gasteiger partial charge in [-0.3, -0.25) is 0 Å². The summed E-state index contributed by atoms with van der Waals surface area (Å²) in [5.74, 6) is -2.93. The number of ether oxygens (including phenoxy) is 1. The van der Waals surface area contributed by atoms with Gasteiger partial charge in [0, 0.05) is 0 Å². The van der Waals surface area contributed by atoms with Gasteiger partial charge in [0.05, 0.1) is 6.61 Å². The number of halogens is 6. The van der Waals surface area contributed by atoms with Crippen LogP contribution in [0.3, 0.4) is 0 Å². The van der Waals surface area contributed by atoms with Gasteiger partial charge in [0.25, 0.3) is 0 Å². The minimum Gasteiger partial charge on any atom is -0.461 e. The summed E-state index contributed by atoms with van der Waals surface area (Å²) in [5, 5.41) is 16.4. The first-order chi connectivity index (χ1) is 6.98. The van der Waals surface area contributed by atoms with Gasteiger partial charge < -0.3 is 14.9 Å². The molecule has 0 radical (unpaired) electrons. The minimum atomic E-state index is -6.27. The second kappa shape index (κ2) is 4.45. The van der Waals surface area contributed by atoms with Crippen LogP contribution in [-0.2, 0) is 9.53 Å². The molecule has 0 spiro atoms. The fourth-order valence-corrected chi connectivity index (χ4v) is 0.635. The number of esters is 1. The van der Waals surface area contributed by atoms with Crippen molar-refractivity contribution in [1.82, 2.24) is 0 Å². The predicted molar refractivity (Wildman–Crippen MR) is 35.1 cm³/mol. The smallest absolute Gasteiger partial charge is 0.437 e. The van der Waals surface area contributed by atoms with E-state index in [2.05, 4.69) is 4.74 Å². The van der Waals surface area contributed by atoms with Crippen LogP contribution in [-0.4, -0.2) is 47.3 Å². The number of rotatable bonds is 3. The number of hydrogen-bond acceptors (Lipinski definition) is 4. The molecule has 0 fully saturated rings. The highest BCUT2D eigenvalue weighted by atomic mass is 19.4. The van der Waals surface area contributed by atoms with E-state index in [1.54, 1.807) is 0 Å². The number of hydrogen-bond donors (Lipinski definition) is 2. The maximum Gasteiger partial charge on any atom is 0.437 e. The summed E-state index contributed by atoms with van der Waals surface area (Å²) in [6, 6.07) is 0. The average molecular weight is 256 g/mol. The molecule has 0 atom stereocenters. The molecule has 0 amide bonds. The molecule has 2 N–H and O–H groups in total. The van der Waals surface area contributed by atoms with Crippen molar-refractivity contribution in [2.24, 2.45) is 0 Å². The van der Waals surface area contributed by atoms with E-state index in [9.17, 15) is 31.1 Å². The molecule has 0 aliphatic heterocycles. The normalized spacial score (nSPS) is 13.8. The summed E-state index contributed by atoms with van der Waals surface area (Å²) in [4.78, 5) is 10.5. The first-order valence-electron chi connectivity index (χ1n) is 3.62. The van der Waals surface area contributed by atoms with Gasteiger partial charge in [-0.25, -0.2) is 4.79 Å². The Bertz CT molecular complexity index is 243. The SMILES string of the molecule is O=C(OCCO)C(O)(C(F)(F)F)C(F)(F)F. The Labute approximate surface area is 84.4 Å². The van der Waals surface area contributed by atoms with Crippen LogP contribution < -0.4 is 0 Å². The molecule has 96 valence electrons. The Kier molecular flexibility index (Phi) is 4.17. The van der Waals surface area contributed by atoms with Crippen LogP contribution in [0.1, 0.15) is 0 Å². The molecular formula is C6H6F6O4. The van der Waals surface area contributed by atoms with Crippen molar-refractivity contribution in [2.45, 2.75) is 18.0 Å². The molecule has 0 aromatic heterocycles. The van der Waals surface area contributed by atoms with Gasteiger partial charge in [-0.2, -0.15) is 26.3 Å². The van der Waals surface area contributed by atoms with Crippen LogP contribution in [0.2, 0.25) is 0 Å². The lowest BCUT2D eigenvalue weighted by Gasteiger charge is -2.29. The Balaban J connectivity index is 5.19. The summed E-state index contributed by atoms with van der Waals surface area (Å²) >= 11 is 0. The van der Waals surface area contributed by atoms with Crippen LogP contribution in [0, 0.1) is 0 Å². The quantitative estimate of drug-likeness (QED) is 0.565. The zero-order valence-electron chi connectivity index (χ0n) is 7.39. The highest BCUT2D eigenvalue weighted by Gasteiger charge is 2.76. The van der Waals surface area contributed by atoms with E-state index >= 15 is 0 Å². The largest absolute Gasteiger partial charge is 0.461 e. The molecule has 0 unspecified atom stereocenters. The van der Waals surface area contributed by atoms with E-state index in [1.807, 2.05) is 0 Å².